The molecule has 2 aliphatic heterocycles. The molecule has 0 aromatic heterocycles. The van der Waals surface area contributed by atoms with Gasteiger partial charge in [-0.2, -0.15) is 0 Å². The molecular formula is C14H13Cl2IN2O4. The Morgan fingerprint density at radius 3 is 2.83 bits per heavy atom. The quantitative estimate of drug-likeness (QED) is 0.467. The number of hydrogen-bond acceptors (Lipinski definition) is 3. The lowest BCUT2D eigenvalue weighted by Crippen LogP contribution is -2.57. The number of carbonyl (C=O) groups excluding carboxylic acids is 1. The van der Waals surface area contributed by atoms with Crippen LogP contribution in [0, 0.1) is 3.57 Å². The van der Waals surface area contributed by atoms with Gasteiger partial charge in [0.1, 0.15) is 0 Å². The summed E-state index contributed by atoms with van der Waals surface area (Å²) >= 11 is 14.4. The number of rotatable bonds is 0. The summed E-state index contributed by atoms with van der Waals surface area (Å²) in [4.78, 5) is 27.0. The molecule has 23 heavy (non-hydrogen) atoms. The summed E-state index contributed by atoms with van der Waals surface area (Å²) in [5.41, 5.74) is 0.328. The predicted molar refractivity (Wildman–Crippen MR) is 93.7 cm³/mol. The summed E-state index contributed by atoms with van der Waals surface area (Å²) in [6, 6.07) is 1.36. The minimum atomic E-state index is -0.971. The summed E-state index contributed by atoms with van der Waals surface area (Å²) in [5, 5.41) is 9.87. The molecule has 6 nitrogen and oxygen atoms in total. The van der Waals surface area contributed by atoms with Crippen LogP contribution < -0.4 is 4.74 Å². The second kappa shape index (κ2) is 6.52. The molecule has 1 atom stereocenters. The van der Waals surface area contributed by atoms with Gasteiger partial charge in [-0.05, 0) is 28.7 Å². The smallest absolute Gasteiger partial charge is 0.407 e. The fourth-order valence-electron chi connectivity index (χ4n) is 2.87. The highest BCUT2D eigenvalue weighted by molar-refractivity contribution is 14.1. The van der Waals surface area contributed by atoms with E-state index in [4.69, 9.17) is 33.0 Å². The number of benzene rings is 1. The Bertz CT molecular complexity index is 685. The van der Waals surface area contributed by atoms with E-state index in [-0.39, 0.29) is 18.5 Å². The zero-order chi connectivity index (χ0) is 16.7. The number of ether oxygens (including phenoxy) is 1. The van der Waals surface area contributed by atoms with Crippen LogP contribution in [0.15, 0.2) is 6.07 Å². The van der Waals surface area contributed by atoms with E-state index >= 15 is 0 Å². The van der Waals surface area contributed by atoms with Crippen molar-refractivity contribution in [2.75, 3.05) is 26.2 Å². The van der Waals surface area contributed by atoms with Crippen LogP contribution in [0.1, 0.15) is 16.8 Å². The number of fused-ring (bicyclic) bond motifs is 2. The molecule has 0 unspecified atom stereocenters. The maximum atomic E-state index is 12.9. The lowest BCUT2D eigenvalue weighted by molar-refractivity contribution is 0.0374. The van der Waals surface area contributed by atoms with Gasteiger partial charge in [-0.25, -0.2) is 4.79 Å². The van der Waals surface area contributed by atoms with Crippen LogP contribution in [0.2, 0.25) is 10.0 Å². The number of amides is 2. The molecule has 1 N–H and O–H groups in total. The first-order valence-corrected chi connectivity index (χ1v) is 8.82. The van der Waals surface area contributed by atoms with Crippen LogP contribution in [0.3, 0.4) is 0 Å². The standard InChI is InChI=1S/C14H13Cl2IN2O4/c15-9-5-8-12(10(16)11(9)17)23-4-1-7-6-18(14(21)22)2-3-19(7)13(8)20/h5,7H,1-4,6H2,(H,21,22)/t7-/m1/s1. The molecule has 2 amide bonds. The first-order valence-electron chi connectivity index (χ1n) is 6.99. The van der Waals surface area contributed by atoms with Crippen LogP contribution in [0.25, 0.3) is 0 Å². The molecule has 2 heterocycles. The number of halogens is 3. The fourth-order valence-corrected chi connectivity index (χ4v) is 3.78. The van der Waals surface area contributed by atoms with Gasteiger partial charge in [0.15, 0.2) is 5.75 Å². The third kappa shape index (κ3) is 3.06. The number of carboxylic acid groups (broad SMARTS) is 1. The van der Waals surface area contributed by atoms with Crippen molar-refractivity contribution < 1.29 is 19.4 Å². The summed E-state index contributed by atoms with van der Waals surface area (Å²) in [7, 11) is 0. The molecule has 1 aromatic carbocycles. The van der Waals surface area contributed by atoms with Crippen LogP contribution >= 0.6 is 45.8 Å². The van der Waals surface area contributed by atoms with Crippen molar-refractivity contribution in [3.05, 3.63) is 25.2 Å². The maximum Gasteiger partial charge on any atom is 0.407 e. The Morgan fingerprint density at radius 1 is 1.39 bits per heavy atom. The molecule has 0 bridgehead atoms. The van der Waals surface area contributed by atoms with Crippen molar-refractivity contribution in [3.63, 3.8) is 0 Å². The van der Waals surface area contributed by atoms with E-state index in [0.29, 0.717) is 51.0 Å². The largest absolute Gasteiger partial charge is 0.491 e. The van der Waals surface area contributed by atoms with E-state index in [1.807, 2.05) is 22.6 Å². The number of piperazine rings is 1. The molecule has 124 valence electrons. The lowest BCUT2D eigenvalue weighted by Gasteiger charge is -2.41. The highest BCUT2D eigenvalue weighted by Gasteiger charge is 2.36. The molecule has 9 heteroatoms. The summed E-state index contributed by atoms with van der Waals surface area (Å²) in [5.74, 6) is 0.125. The molecule has 1 fully saturated rings. The summed E-state index contributed by atoms with van der Waals surface area (Å²) < 4.78 is 6.35. The number of nitrogens with zero attached hydrogens (tertiary/aromatic N) is 2. The van der Waals surface area contributed by atoms with E-state index in [1.165, 1.54) is 4.90 Å². The normalized spacial score (nSPS) is 21.0. The Labute approximate surface area is 156 Å². The van der Waals surface area contributed by atoms with E-state index in [2.05, 4.69) is 0 Å². The van der Waals surface area contributed by atoms with Gasteiger partial charge in [-0.3, -0.25) is 4.79 Å². The fraction of sp³-hybridized carbons (Fsp3) is 0.429. The maximum absolute atomic E-state index is 12.9. The first-order chi connectivity index (χ1) is 10.9. The Balaban J connectivity index is 1.98. The van der Waals surface area contributed by atoms with Crippen molar-refractivity contribution in [3.8, 4) is 5.75 Å². The first kappa shape index (κ1) is 16.9. The van der Waals surface area contributed by atoms with Crippen molar-refractivity contribution in [2.24, 2.45) is 0 Å². The highest BCUT2D eigenvalue weighted by Crippen LogP contribution is 2.39. The van der Waals surface area contributed by atoms with Crippen LogP contribution in [0.4, 0.5) is 4.79 Å². The van der Waals surface area contributed by atoms with Gasteiger partial charge in [0, 0.05) is 26.1 Å². The Hall–Kier alpha value is -0.930. The topological polar surface area (TPSA) is 70.1 Å². The number of hydrogen-bond donors (Lipinski definition) is 1. The van der Waals surface area contributed by atoms with Gasteiger partial charge in [-0.1, -0.05) is 23.2 Å². The molecule has 1 saturated heterocycles. The Morgan fingerprint density at radius 2 is 2.13 bits per heavy atom. The van der Waals surface area contributed by atoms with Crippen molar-refractivity contribution in [1.29, 1.82) is 0 Å². The summed E-state index contributed by atoms with van der Waals surface area (Å²) in [6.45, 7) is 1.27. The molecule has 0 aliphatic carbocycles. The zero-order valence-corrected chi connectivity index (χ0v) is 15.6. The SMILES string of the molecule is O=C(O)N1CCN2C(=O)c3cc(Cl)c(I)c(Cl)c3OCC[C@@H]2C1. The third-order valence-electron chi connectivity index (χ3n) is 4.06. The van der Waals surface area contributed by atoms with Crippen molar-refractivity contribution in [2.45, 2.75) is 12.5 Å². The number of carbonyl (C=O) groups is 2. The second-order valence-electron chi connectivity index (χ2n) is 5.38. The van der Waals surface area contributed by atoms with E-state index < -0.39 is 6.09 Å². The molecular weight excluding hydrogens is 458 g/mol. The Kier molecular flexibility index (Phi) is 4.80. The van der Waals surface area contributed by atoms with Crippen molar-refractivity contribution in [1.82, 2.24) is 9.80 Å². The van der Waals surface area contributed by atoms with Gasteiger partial charge in [0.05, 0.1) is 31.8 Å². The van der Waals surface area contributed by atoms with Crippen LogP contribution in [-0.4, -0.2) is 59.2 Å². The molecule has 2 aliphatic rings. The highest BCUT2D eigenvalue weighted by atomic mass is 127. The van der Waals surface area contributed by atoms with Gasteiger partial charge < -0.3 is 19.6 Å². The van der Waals surface area contributed by atoms with Gasteiger partial charge >= 0.3 is 6.09 Å². The van der Waals surface area contributed by atoms with Gasteiger partial charge in [0.25, 0.3) is 5.91 Å². The van der Waals surface area contributed by atoms with Crippen LogP contribution in [-0.2, 0) is 0 Å². The minimum absolute atomic E-state index is 0.211. The zero-order valence-electron chi connectivity index (χ0n) is 11.9. The van der Waals surface area contributed by atoms with Gasteiger partial charge in [0.2, 0.25) is 0 Å². The molecule has 0 saturated carbocycles. The minimum Gasteiger partial charge on any atom is -0.491 e. The second-order valence-corrected chi connectivity index (χ2v) is 7.25. The molecule has 0 spiro atoms. The molecule has 3 rings (SSSR count). The third-order valence-corrected chi connectivity index (χ3v) is 6.48. The average Bonchev–Trinajstić information content (AvgIpc) is 2.52. The molecule has 0 radical (unpaired) electrons. The van der Waals surface area contributed by atoms with Crippen LogP contribution in [0.5, 0.6) is 5.75 Å². The predicted octanol–water partition coefficient (Wildman–Crippen LogP) is 3.18. The average molecular weight is 471 g/mol. The van der Waals surface area contributed by atoms with Crippen molar-refractivity contribution >= 4 is 57.8 Å². The monoisotopic (exact) mass is 470 g/mol. The lowest BCUT2D eigenvalue weighted by atomic mass is 10.0. The summed E-state index contributed by atoms with van der Waals surface area (Å²) in [6.07, 6.45) is -0.425. The van der Waals surface area contributed by atoms with E-state index in [9.17, 15) is 9.59 Å². The van der Waals surface area contributed by atoms with E-state index in [1.54, 1.807) is 11.0 Å². The molecule has 1 aromatic rings. The van der Waals surface area contributed by atoms with Gasteiger partial charge in [-0.15, -0.1) is 0 Å². The van der Waals surface area contributed by atoms with E-state index in [0.717, 1.165) is 0 Å².